The number of phenols is 2. The van der Waals surface area contributed by atoms with Crippen molar-refractivity contribution in [2.45, 2.75) is 64.6 Å². The molecule has 2 aliphatic rings. The molecule has 17 nitrogen and oxygen atoms in total. The van der Waals surface area contributed by atoms with Gasteiger partial charge in [0.15, 0.2) is 29.5 Å². The van der Waals surface area contributed by atoms with E-state index in [1.165, 1.54) is 54.6 Å². The molecule has 0 unspecified atom stereocenters. The zero-order valence-corrected chi connectivity index (χ0v) is 35.5. The molecule has 0 saturated carbocycles. The summed E-state index contributed by atoms with van der Waals surface area (Å²) in [6.07, 6.45) is -6.92. The Kier molecular flexibility index (Phi) is 12.7. The molecule has 338 valence electrons. The second-order valence-corrected chi connectivity index (χ2v) is 15.3. The number of ether oxygens (including phenoxy) is 7. The average Bonchev–Trinajstić information content (AvgIpc) is 3.54. The van der Waals surface area contributed by atoms with Crippen LogP contribution in [0.1, 0.15) is 52.6 Å². The summed E-state index contributed by atoms with van der Waals surface area (Å²) in [5, 5.41) is 22.3. The van der Waals surface area contributed by atoms with Gasteiger partial charge in [0, 0.05) is 38.5 Å². The summed E-state index contributed by atoms with van der Waals surface area (Å²) in [6.45, 7) is 2.75. The molecule has 6 aromatic rings. The van der Waals surface area contributed by atoms with Crippen molar-refractivity contribution in [1.29, 1.82) is 0 Å². The van der Waals surface area contributed by atoms with Crippen LogP contribution in [0.15, 0.2) is 124 Å². The standard InChI is InChI=1S/C49H41NO16/c1-26(51)59-25-39-44(62-27(2)52)45(63-28(3)53)41(50-47(57)33-16-10-11-17-34(33)48(50)58)49(65-39)66-46-42(56)40-36(55)21-32(60-23-29-12-6-4-7-13-29)22-38(40)64-43(46)31-18-19-37(35(54)20-31)61-24-30-14-8-5-9-15-30/h4-22,39,41,44-45,49,54-55H,23-25H2,1-3H3/t39-,41-,44-,45-,49-/m1/s1. The van der Waals surface area contributed by atoms with Crippen LogP contribution < -0.4 is 19.6 Å². The van der Waals surface area contributed by atoms with Crippen molar-refractivity contribution in [3.63, 3.8) is 0 Å². The topological polar surface area (TPSA) is 224 Å². The van der Waals surface area contributed by atoms with Gasteiger partial charge in [-0.05, 0) is 41.5 Å². The lowest BCUT2D eigenvalue weighted by Crippen LogP contribution is -2.68. The van der Waals surface area contributed by atoms with Crippen molar-refractivity contribution < 1.29 is 71.8 Å². The first-order valence-corrected chi connectivity index (χ1v) is 20.5. The van der Waals surface area contributed by atoms with E-state index in [1.54, 1.807) is 0 Å². The lowest BCUT2D eigenvalue weighted by atomic mass is 9.94. The fourth-order valence-corrected chi connectivity index (χ4v) is 7.74. The third-order valence-electron chi connectivity index (χ3n) is 10.6. The number of hydrogen-bond acceptors (Lipinski definition) is 16. The van der Waals surface area contributed by atoms with E-state index in [-0.39, 0.29) is 58.5 Å². The van der Waals surface area contributed by atoms with Crippen LogP contribution in [0.2, 0.25) is 0 Å². The minimum atomic E-state index is -2.00. The van der Waals surface area contributed by atoms with Crippen molar-refractivity contribution >= 4 is 40.7 Å². The van der Waals surface area contributed by atoms with Crippen LogP contribution in [0.25, 0.3) is 22.3 Å². The zero-order chi connectivity index (χ0) is 46.6. The van der Waals surface area contributed by atoms with Gasteiger partial charge >= 0.3 is 17.9 Å². The number of phenolic OH excluding ortho intramolecular Hbond substituents is 2. The van der Waals surface area contributed by atoms with Gasteiger partial charge < -0.3 is 47.8 Å². The first-order chi connectivity index (χ1) is 31.8. The first-order valence-electron chi connectivity index (χ1n) is 20.5. The molecule has 0 spiro atoms. The Labute approximate surface area is 375 Å². The molecule has 0 aliphatic carbocycles. The van der Waals surface area contributed by atoms with Crippen molar-refractivity contribution in [2.75, 3.05) is 6.61 Å². The monoisotopic (exact) mass is 899 g/mol. The van der Waals surface area contributed by atoms with Gasteiger partial charge in [-0.1, -0.05) is 72.8 Å². The third kappa shape index (κ3) is 9.23. The molecule has 66 heavy (non-hydrogen) atoms. The summed E-state index contributed by atoms with van der Waals surface area (Å²) in [7, 11) is 0. The maximum atomic E-state index is 14.9. The number of nitrogens with zero attached hydrogens (tertiary/aromatic N) is 1. The first kappa shape index (κ1) is 44.4. The number of esters is 3. The Bertz CT molecular complexity index is 2860. The Hall–Kier alpha value is -8.18. The number of imide groups is 1. The number of aromatic hydroxyl groups is 2. The van der Waals surface area contributed by atoms with E-state index in [9.17, 15) is 39.0 Å². The predicted octanol–water partition coefficient (Wildman–Crippen LogP) is 6.22. The minimum absolute atomic E-state index is 0.0277. The molecule has 1 aromatic heterocycles. The Morgan fingerprint density at radius 3 is 1.85 bits per heavy atom. The molecule has 3 heterocycles. The van der Waals surface area contributed by atoms with Crippen LogP contribution in [-0.2, 0) is 46.5 Å². The molecule has 17 heteroatoms. The molecule has 8 rings (SSSR count). The van der Waals surface area contributed by atoms with E-state index >= 15 is 0 Å². The van der Waals surface area contributed by atoms with Crippen LogP contribution in [0.5, 0.6) is 28.7 Å². The van der Waals surface area contributed by atoms with Crippen molar-refractivity contribution in [1.82, 2.24) is 4.90 Å². The Morgan fingerprint density at radius 2 is 1.26 bits per heavy atom. The fraction of sp³-hybridized carbons (Fsp3) is 0.224. The Morgan fingerprint density at radius 1 is 0.667 bits per heavy atom. The molecule has 1 fully saturated rings. The van der Waals surface area contributed by atoms with Crippen molar-refractivity contribution in [3.8, 4) is 40.1 Å². The lowest BCUT2D eigenvalue weighted by Gasteiger charge is -2.46. The van der Waals surface area contributed by atoms with Gasteiger partial charge in [0.1, 0.15) is 54.4 Å². The van der Waals surface area contributed by atoms with E-state index in [2.05, 4.69) is 0 Å². The van der Waals surface area contributed by atoms with Crippen molar-refractivity contribution in [2.24, 2.45) is 0 Å². The summed E-state index contributed by atoms with van der Waals surface area (Å²) in [5.74, 6) is -6.19. The number of amides is 2. The smallest absolute Gasteiger partial charge is 0.303 e. The number of benzene rings is 5. The summed E-state index contributed by atoms with van der Waals surface area (Å²) < 4.78 is 47.6. The predicted molar refractivity (Wildman–Crippen MR) is 231 cm³/mol. The van der Waals surface area contributed by atoms with Crippen LogP contribution in [-0.4, -0.2) is 82.1 Å². The molecule has 1 saturated heterocycles. The second-order valence-electron chi connectivity index (χ2n) is 15.3. The maximum Gasteiger partial charge on any atom is 0.303 e. The highest BCUT2D eigenvalue weighted by molar-refractivity contribution is 6.21. The summed E-state index contributed by atoms with van der Waals surface area (Å²) >= 11 is 0. The van der Waals surface area contributed by atoms with Gasteiger partial charge in [-0.15, -0.1) is 0 Å². The van der Waals surface area contributed by atoms with Crippen molar-refractivity contribution in [3.05, 3.63) is 148 Å². The van der Waals surface area contributed by atoms with Crippen LogP contribution in [0, 0.1) is 0 Å². The molecule has 5 atom stereocenters. The second kappa shape index (κ2) is 18.9. The molecule has 0 radical (unpaired) electrons. The summed E-state index contributed by atoms with van der Waals surface area (Å²) in [4.78, 5) is 81.7. The molecule has 5 aromatic carbocycles. The van der Waals surface area contributed by atoms with Gasteiger partial charge in [0.2, 0.25) is 17.5 Å². The van der Waals surface area contributed by atoms with E-state index in [0.29, 0.717) is 4.90 Å². The van der Waals surface area contributed by atoms with Gasteiger partial charge in [-0.25, -0.2) is 0 Å². The van der Waals surface area contributed by atoms with Crippen LogP contribution in [0.3, 0.4) is 0 Å². The number of carbonyl (C=O) groups excluding carboxylic acids is 5. The lowest BCUT2D eigenvalue weighted by molar-refractivity contribution is -0.265. The Balaban J connectivity index is 1.28. The highest BCUT2D eigenvalue weighted by Crippen LogP contribution is 2.42. The van der Waals surface area contributed by atoms with Crippen LogP contribution in [0.4, 0.5) is 0 Å². The number of carbonyl (C=O) groups is 5. The number of hydrogen-bond donors (Lipinski definition) is 2. The molecule has 2 amide bonds. The molecule has 0 bridgehead atoms. The van der Waals surface area contributed by atoms with E-state index < -0.39 is 89.3 Å². The summed E-state index contributed by atoms with van der Waals surface area (Å²) in [5.41, 5.74) is 0.411. The fourth-order valence-electron chi connectivity index (χ4n) is 7.74. The number of fused-ring (bicyclic) bond motifs is 2. The molecule has 2 aliphatic heterocycles. The third-order valence-corrected chi connectivity index (χ3v) is 10.6. The highest BCUT2D eigenvalue weighted by atomic mass is 16.7. The number of rotatable bonds is 14. The van der Waals surface area contributed by atoms with Crippen LogP contribution >= 0.6 is 0 Å². The average molecular weight is 900 g/mol. The minimum Gasteiger partial charge on any atom is -0.507 e. The normalized spacial score (nSPS) is 18.9. The summed E-state index contributed by atoms with van der Waals surface area (Å²) in [6, 6.07) is 29.1. The highest BCUT2D eigenvalue weighted by Gasteiger charge is 2.58. The zero-order valence-electron chi connectivity index (χ0n) is 35.5. The van der Waals surface area contributed by atoms with Gasteiger partial charge in [-0.3, -0.25) is 33.7 Å². The van der Waals surface area contributed by atoms with Gasteiger partial charge in [0.25, 0.3) is 11.8 Å². The van der Waals surface area contributed by atoms with E-state index in [1.807, 2.05) is 60.7 Å². The van der Waals surface area contributed by atoms with Gasteiger partial charge in [0.05, 0.1) is 11.1 Å². The molecular weight excluding hydrogens is 859 g/mol. The molecular formula is C49H41NO16. The van der Waals surface area contributed by atoms with E-state index in [0.717, 1.165) is 31.9 Å². The molecule has 2 N–H and O–H groups in total. The SMILES string of the molecule is CC(=O)OC[C@H]1O[C@H](Oc2c(-c3ccc(OCc4ccccc4)c(O)c3)oc3cc(OCc4ccccc4)cc(O)c3c2=O)[C@H](N2C(=O)c3ccccc3C2=O)[C@@H](OC(C)=O)[C@@H]1OC(C)=O. The van der Waals surface area contributed by atoms with Gasteiger partial charge in [-0.2, -0.15) is 0 Å². The largest absolute Gasteiger partial charge is 0.507 e. The van der Waals surface area contributed by atoms with E-state index in [4.69, 9.17) is 37.6 Å². The maximum absolute atomic E-state index is 14.9. The quantitative estimate of drug-likeness (QED) is 0.0703.